The molecule has 0 aromatic carbocycles. The summed E-state index contributed by atoms with van der Waals surface area (Å²) in [6.07, 6.45) is 0.0969. The normalized spacial score (nSPS) is 19.4. The van der Waals surface area contributed by atoms with Gasteiger partial charge in [0.1, 0.15) is 12.1 Å². The van der Waals surface area contributed by atoms with Gasteiger partial charge in [0, 0.05) is 6.42 Å². The van der Waals surface area contributed by atoms with Crippen molar-refractivity contribution in [3.05, 3.63) is 0 Å². The van der Waals surface area contributed by atoms with Gasteiger partial charge in [-0.3, -0.25) is 14.4 Å². The van der Waals surface area contributed by atoms with Gasteiger partial charge in [-0.05, 0) is 13.3 Å². The first-order chi connectivity index (χ1) is 8.93. The molecule has 0 aromatic rings. The third kappa shape index (κ3) is 4.57. The van der Waals surface area contributed by atoms with E-state index in [1.807, 2.05) is 0 Å². The van der Waals surface area contributed by atoms with Gasteiger partial charge in [-0.15, -0.1) is 0 Å². The molecule has 2 amide bonds. The molecule has 0 bridgehead atoms. The number of amides is 2. The second kappa shape index (κ2) is 6.72. The summed E-state index contributed by atoms with van der Waals surface area (Å²) < 4.78 is 4.62. The lowest BCUT2D eigenvalue weighted by molar-refractivity contribution is -0.150. The summed E-state index contributed by atoms with van der Waals surface area (Å²) in [4.78, 5) is 44.8. The van der Waals surface area contributed by atoms with Gasteiger partial charge in [0.05, 0.1) is 13.0 Å². The van der Waals surface area contributed by atoms with Gasteiger partial charge >= 0.3 is 11.9 Å². The highest BCUT2D eigenvalue weighted by Crippen LogP contribution is 2.07. The molecule has 8 heteroatoms. The summed E-state index contributed by atoms with van der Waals surface area (Å²) in [6, 6.07) is -2.10. The number of hydrogen-bond donors (Lipinski definition) is 3. The average molecular weight is 272 g/mol. The summed E-state index contributed by atoms with van der Waals surface area (Å²) in [5, 5.41) is 13.6. The molecule has 0 aromatic heterocycles. The van der Waals surface area contributed by atoms with E-state index in [4.69, 9.17) is 5.11 Å². The third-order valence-electron chi connectivity index (χ3n) is 2.60. The van der Waals surface area contributed by atoms with E-state index in [-0.39, 0.29) is 18.9 Å². The van der Waals surface area contributed by atoms with Crippen LogP contribution in [0.15, 0.2) is 0 Å². The Labute approximate surface area is 109 Å². The first-order valence-corrected chi connectivity index (χ1v) is 5.92. The van der Waals surface area contributed by atoms with Gasteiger partial charge < -0.3 is 20.5 Å². The zero-order valence-corrected chi connectivity index (χ0v) is 10.5. The zero-order chi connectivity index (χ0) is 14.4. The Balaban J connectivity index is 2.53. The number of carbonyl (C=O) groups is 4. The number of carboxylic acid groups (broad SMARTS) is 1. The number of hydrogen-bond acceptors (Lipinski definition) is 5. The predicted octanol–water partition coefficient (Wildman–Crippen LogP) is -1.21. The molecule has 2 atom stereocenters. The van der Waals surface area contributed by atoms with Crippen molar-refractivity contribution < 1.29 is 29.0 Å². The van der Waals surface area contributed by atoms with Crippen LogP contribution in [-0.2, 0) is 23.9 Å². The molecular formula is C11H16N2O6. The Kier molecular flexibility index (Phi) is 5.28. The molecule has 0 radical (unpaired) electrons. The van der Waals surface area contributed by atoms with E-state index in [1.54, 1.807) is 6.92 Å². The second-order valence-corrected chi connectivity index (χ2v) is 4.07. The van der Waals surface area contributed by atoms with Gasteiger partial charge in [-0.25, -0.2) is 4.79 Å². The Morgan fingerprint density at radius 1 is 1.53 bits per heavy atom. The lowest BCUT2D eigenvalue weighted by Crippen LogP contribution is -2.49. The predicted molar refractivity (Wildman–Crippen MR) is 62.0 cm³/mol. The monoisotopic (exact) mass is 272 g/mol. The van der Waals surface area contributed by atoms with E-state index in [0.29, 0.717) is 6.42 Å². The minimum absolute atomic E-state index is 0.137. The van der Waals surface area contributed by atoms with Crippen LogP contribution in [0, 0.1) is 0 Å². The first-order valence-electron chi connectivity index (χ1n) is 5.92. The highest BCUT2D eigenvalue weighted by atomic mass is 16.5. The van der Waals surface area contributed by atoms with E-state index in [2.05, 4.69) is 15.4 Å². The van der Waals surface area contributed by atoms with Crippen molar-refractivity contribution in [2.45, 2.75) is 38.3 Å². The summed E-state index contributed by atoms with van der Waals surface area (Å²) in [5.41, 5.74) is 0. The highest BCUT2D eigenvalue weighted by molar-refractivity contribution is 5.93. The molecule has 106 valence electrons. The van der Waals surface area contributed by atoms with Gasteiger partial charge in [-0.1, -0.05) is 0 Å². The maximum absolute atomic E-state index is 11.7. The maximum atomic E-state index is 11.7. The first kappa shape index (κ1) is 14.9. The van der Waals surface area contributed by atoms with E-state index < -0.39 is 36.4 Å². The van der Waals surface area contributed by atoms with Crippen molar-refractivity contribution in [1.82, 2.24) is 10.6 Å². The van der Waals surface area contributed by atoms with Crippen molar-refractivity contribution in [1.29, 1.82) is 0 Å². The standard InChI is InChI=1S/C11H16N2O6/c1-2-19-9(15)5-7(11(17)18)13-10(16)6-3-4-8(14)12-6/h6-7H,2-5H2,1H3,(H,12,14)(H,13,16)(H,17,18)/t6-,7-/m1/s1. The van der Waals surface area contributed by atoms with Gasteiger partial charge in [0.2, 0.25) is 11.8 Å². The number of carboxylic acids is 1. The molecule has 1 aliphatic rings. The van der Waals surface area contributed by atoms with Crippen molar-refractivity contribution in [3.8, 4) is 0 Å². The largest absolute Gasteiger partial charge is 0.480 e. The zero-order valence-electron chi connectivity index (χ0n) is 10.5. The fourth-order valence-electron chi connectivity index (χ4n) is 1.67. The Morgan fingerprint density at radius 2 is 2.21 bits per heavy atom. The van der Waals surface area contributed by atoms with Crippen LogP contribution in [0.5, 0.6) is 0 Å². The number of esters is 1. The molecule has 1 fully saturated rings. The second-order valence-electron chi connectivity index (χ2n) is 4.07. The summed E-state index contributed by atoms with van der Waals surface area (Å²) >= 11 is 0. The van der Waals surface area contributed by atoms with Crippen LogP contribution in [0.25, 0.3) is 0 Å². The van der Waals surface area contributed by atoms with E-state index >= 15 is 0 Å². The smallest absolute Gasteiger partial charge is 0.326 e. The van der Waals surface area contributed by atoms with E-state index in [0.717, 1.165) is 0 Å². The van der Waals surface area contributed by atoms with Crippen molar-refractivity contribution in [3.63, 3.8) is 0 Å². The molecule has 8 nitrogen and oxygen atoms in total. The average Bonchev–Trinajstić information content (AvgIpc) is 2.75. The SMILES string of the molecule is CCOC(=O)C[C@@H](NC(=O)[C@H]1CCC(=O)N1)C(=O)O. The number of nitrogens with one attached hydrogen (secondary N) is 2. The molecule has 1 aliphatic heterocycles. The molecule has 0 aliphatic carbocycles. The van der Waals surface area contributed by atoms with Crippen LogP contribution in [0.4, 0.5) is 0 Å². The Bertz CT molecular complexity index is 395. The van der Waals surface area contributed by atoms with Crippen molar-refractivity contribution in [2.24, 2.45) is 0 Å². The van der Waals surface area contributed by atoms with Gasteiger partial charge in [-0.2, -0.15) is 0 Å². The molecule has 0 saturated carbocycles. The molecule has 3 N–H and O–H groups in total. The lowest BCUT2D eigenvalue weighted by atomic mass is 10.1. The number of aliphatic carboxylic acids is 1. The molecular weight excluding hydrogens is 256 g/mol. The van der Waals surface area contributed by atoms with E-state index in [9.17, 15) is 19.2 Å². The number of carbonyl (C=O) groups excluding carboxylic acids is 3. The van der Waals surface area contributed by atoms with Gasteiger partial charge in [0.25, 0.3) is 0 Å². The maximum Gasteiger partial charge on any atom is 0.326 e. The summed E-state index contributed by atoms with van der Waals surface area (Å²) in [5.74, 6) is -2.89. The van der Waals surface area contributed by atoms with Crippen molar-refractivity contribution in [2.75, 3.05) is 6.61 Å². The van der Waals surface area contributed by atoms with Crippen LogP contribution in [-0.4, -0.2) is 47.6 Å². The molecule has 1 rings (SSSR count). The topological polar surface area (TPSA) is 122 Å². The number of rotatable bonds is 6. The minimum atomic E-state index is -1.36. The van der Waals surface area contributed by atoms with Crippen LogP contribution in [0.1, 0.15) is 26.2 Å². The Hall–Kier alpha value is -2.12. The highest BCUT2D eigenvalue weighted by Gasteiger charge is 2.31. The minimum Gasteiger partial charge on any atom is -0.480 e. The van der Waals surface area contributed by atoms with Crippen molar-refractivity contribution >= 4 is 23.8 Å². The van der Waals surface area contributed by atoms with Crippen LogP contribution in [0.2, 0.25) is 0 Å². The molecule has 1 heterocycles. The quantitative estimate of drug-likeness (QED) is 0.521. The van der Waals surface area contributed by atoms with E-state index in [1.165, 1.54) is 0 Å². The van der Waals surface area contributed by atoms with Crippen LogP contribution < -0.4 is 10.6 Å². The van der Waals surface area contributed by atoms with Crippen LogP contribution >= 0.6 is 0 Å². The van der Waals surface area contributed by atoms with Crippen LogP contribution in [0.3, 0.4) is 0 Å². The third-order valence-corrected chi connectivity index (χ3v) is 2.60. The van der Waals surface area contributed by atoms with Gasteiger partial charge in [0.15, 0.2) is 0 Å². The molecule has 19 heavy (non-hydrogen) atoms. The fraction of sp³-hybridized carbons (Fsp3) is 0.636. The number of ether oxygens (including phenoxy) is 1. The summed E-state index contributed by atoms with van der Waals surface area (Å²) in [7, 11) is 0. The fourth-order valence-corrected chi connectivity index (χ4v) is 1.67. The Morgan fingerprint density at radius 3 is 2.68 bits per heavy atom. The molecule has 0 spiro atoms. The molecule has 0 unspecified atom stereocenters. The molecule has 1 saturated heterocycles. The lowest BCUT2D eigenvalue weighted by Gasteiger charge is -2.16. The summed E-state index contributed by atoms with van der Waals surface area (Å²) in [6.45, 7) is 1.73.